The summed E-state index contributed by atoms with van der Waals surface area (Å²) in [5.74, 6) is 0.655. The summed E-state index contributed by atoms with van der Waals surface area (Å²) in [7, 11) is 0. The van der Waals surface area contributed by atoms with Gasteiger partial charge in [-0.15, -0.1) is 0 Å². The van der Waals surface area contributed by atoms with Gasteiger partial charge in [0.25, 0.3) is 5.91 Å². The summed E-state index contributed by atoms with van der Waals surface area (Å²) in [6.45, 7) is 5.37. The van der Waals surface area contributed by atoms with Crippen molar-refractivity contribution in [3.8, 4) is 5.75 Å². The fourth-order valence-electron chi connectivity index (χ4n) is 2.55. The average molecular weight is 262 g/mol. The number of carbonyl (C=O) groups is 1. The standard InChI is InChI=1S/C15H22N2O2/c1-3-19-14-8-7-12(16)10-13(14)15(18)17-9-5-4-6-11(17)2/h7-8,10-11H,3-6,9,16H2,1-2H3/t11-/m0/s1. The maximum atomic E-state index is 12.6. The van der Waals surface area contributed by atoms with Crippen molar-refractivity contribution in [2.24, 2.45) is 0 Å². The summed E-state index contributed by atoms with van der Waals surface area (Å²) in [6, 6.07) is 5.55. The zero-order valence-electron chi connectivity index (χ0n) is 11.7. The molecule has 0 aromatic heterocycles. The molecule has 0 saturated carbocycles. The SMILES string of the molecule is CCOc1ccc(N)cc1C(=O)N1CCCC[C@@H]1C. The molecule has 1 fully saturated rings. The Kier molecular flexibility index (Phi) is 4.30. The lowest BCUT2D eigenvalue weighted by Gasteiger charge is -2.33. The molecule has 1 heterocycles. The van der Waals surface area contributed by atoms with E-state index in [2.05, 4.69) is 6.92 Å². The minimum absolute atomic E-state index is 0.0305. The molecule has 1 saturated heterocycles. The lowest BCUT2D eigenvalue weighted by Crippen LogP contribution is -2.42. The Balaban J connectivity index is 2.28. The monoisotopic (exact) mass is 262 g/mol. The molecule has 1 aromatic rings. The summed E-state index contributed by atoms with van der Waals surface area (Å²) < 4.78 is 5.54. The highest BCUT2D eigenvalue weighted by Crippen LogP contribution is 2.26. The summed E-state index contributed by atoms with van der Waals surface area (Å²) >= 11 is 0. The largest absolute Gasteiger partial charge is 0.493 e. The highest BCUT2D eigenvalue weighted by molar-refractivity contribution is 5.98. The van der Waals surface area contributed by atoms with Crippen molar-refractivity contribution >= 4 is 11.6 Å². The lowest BCUT2D eigenvalue weighted by molar-refractivity contribution is 0.0631. The highest BCUT2D eigenvalue weighted by Gasteiger charge is 2.26. The van der Waals surface area contributed by atoms with Crippen molar-refractivity contribution in [1.29, 1.82) is 0 Å². The van der Waals surface area contributed by atoms with E-state index >= 15 is 0 Å². The molecule has 0 radical (unpaired) electrons. The second kappa shape index (κ2) is 5.95. The van der Waals surface area contributed by atoms with Gasteiger partial charge in [0.05, 0.1) is 12.2 Å². The summed E-state index contributed by atoms with van der Waals surface area (Å²) in [5.41, 5.74) is 6.97. The third-order valence-corrected chi connectivity index (χ3v) is 3.60. The lowest BCUT2D eigenvalue weighted by atomic mass is 10.0. The fraction of sp³-hybridized carbons (Fsp3) is 0.533. The molecule has 2 N–H and O–H groups in total. The van der Waals surface area contributed by atoms with Gasteiger partial charge >= 0.3 is 0 Å². The van der Waals surface area contributed by atoms with E-state index in [1.807, 2.05) is 11.8 Å². The van der Waals surface area contributed by atoms with Crippen LogP contribution in [0.4, 0.5) is 5.69 Å². The van der Waals surface area contributed by atoms with Gasteiger partial charge in [0, 0.05) is 18.3 Å². The van der Waals surface area contributed by atoms with Crippen LogP contribution in [0.5, 0.6) is 5.75 Å². The predicted octanol–water partition coefficient (Wildman–Crippen LogP) is 2.68. The van der Waals surface area contributed by atoms with Gasteiger partial charge in [-0.1, -0.05) is 0 Å². The van der Waals surface area contributed by atoms with Crippen molar-refractivity contribution < 1.29 is 9.53 Å². The number of hydrogen-bond acceptors (Lipinski definition) is 3. The molecule has 104 valence electrons. The Morgan fingerprint density at radius 1 is 1.47 bits per heavy atom. The van der Waals surface area contributed by atoms with E-state index in [4.69, 9.17) is 10.5 Å². The van der Waals surface area contributed by atoms with Crippen LogP contribution in [0.15, 0.2) is 18.2 Å². The zero-order chi connectivity index (χ0) is 13.8. The molecule has 1 aliphatic rings. The third-order valence-electron chi connectivity index (χ3n) is 3.60. The topological polar surface area (TPSA) is 55.6 Å². The fourth-order valence-corrected chi connectivity index (χ4v) is 2.55. The number of carbonyl (C=O) groups excluding carboxylic acids is 1. The molecule has 19 heavy (non-hydrogen) atoms. The highest BCUT2D eigenvalue weighted by atomic mass is 16.5. The summed E-state index contributed by atoms with van der Waals surface area (Å²) in [4.78, 5) is 14.6. The number of nitrogens with two attached hydrogens (primary N) is 1. The first kappa shape index (κ1) is 13.7. The van der Waals surface area contributed by atoms with Gasteiger partial charge < -0.3 is 15.4 Å². The minimum Gasteiger partial charge on any atom is -0.493 e. The molecule has 1 amide bonds. The molecular formula is C15H22N2O2. The smallest absolute Gasteiger partial charge is 0.257 e. The van der Waals surface area contributed by atoms with Crippen LogP contribution in [0.3, 0.4) is 0 Å². The molecule has 0 unspecified atom stereocenters. The Labute approximate surface area is 114 Å². The van der Waals surface area contributed by atoms with Crippen molar-refractivity contribution in [2.45, 2.75) is 39.2 Å². The van der Waals surface area contributed by atoms with Crippen LogP contribution < -0.4 is 10.5 Å². The quantitative estimate of drug-likeness (QED) is 0.852. The van der Waals surface area contributed by atoms with E-state index in [-0.39, 0.29) is 11.9 Å². The van der Waals surface area contributed by atoms with Crippen molar-refractivity contribution in [3.63, 3.8) is 0 Å². The van der Waals surface area contributed by atoms with Gasteiger partial charge in [-0.05, 0) is 51.3 Å². The number of amides is 1. The number of anilines is 1. The number of hydrogen-bond donors (Lipinski definition) is 1. The first-order valence-corrected chi connectivity index (χ1v) is 6.96. The first-order valence-electron chi connectivity index (χ1n) is 6.96. The van der Waals surface area contributed by atoms with Crippen LogP contribution in [-0.4, -0.2) is 30.0 Å². The van der Waals surface area contributed by atoms with E-state index in [0.29, 0.717) is 23.6 Å². The average Bonchev–Trinajstić information content (AvgIpc) is 2.41. The Morgan fingerprint density at radius 2 is 2.26 bits per heavy atom. The minimum atomic E-state index is 0.0305. The number of ether oxygens (including phenoxy) is 1. The molecule has 1 atom stereocenters. The molecule has 0 aliphatic carbocycles. The van der Waals surface area contributed by atoms with Gasteiger partial charge in [0.15, 0.2) is 0 Å². The van der Waals surface area contributed by atoms with Crippen molar-refractivity contribution in [3.05, 3.63) is 23.8 Å². The number of likely N-dealkylation sites (tertiary alicyclic amines) is 1. The zero-order valence-corrected chi connectivity index (χ0v) is 11.7. The summed E-state index contributed by atoms with van der Waals surface area (Å²) in [6.07, 6.45) is 3.33. The van der Waals surface area contributed by atoms with E-state index in [9.17, 15) is 4.79 Å². The van der Waals surface area contributed by atoms with Crippen LogP contribution in [0.1, 0.15) is 43.5 Å². The second-order valence-corrected chi connectivity index (χ2v) is 5.03. The van der Waals surface area contributed by atoms with E-state index in [1.165, 1.54) is 6.42 Å². The molecular weight excluding hydrogens is 240 g/mol. The molecule has 1 aromatic carbocycles. The first-order chi connectivity index (χ1) is 9.13. The molecule has 4 heteroatoms. The number of benzene rings is 1. The number of nitrogen functional groups attached to an aromatic ring is 1. The number of rotatable bonds is 3. The van der Waals surface area contributed by atoms with Gasteiger partial charge in [0.2, 0.25) is 0 Å². The Bertz CT molecular complexity index is 459. The van der Waals surface area contributed by atoms with E-state index in [0.717, 1.165) is 19.4 Å². The van der Waals surface area contributed by atoms with Gasteiger partial charge in [-0.25, -0.2) is 0 Å². The molecule has 0 spiro atoms. The summed E-state index contributed by atoms with van der Waals surface area (Å²) in [5, 5.41) is 0. The van der Waals surface area contributed by atoms with Gasteiger partial charge in [-0.3, -0.25) is 4.79 Å². The van der Waals surface area contributed by atoms with Crippen LogP contribution in [0, 0.1) is 0 Å². The van der Waals surface area contributed by atoms with Crippen molar-refractivity contribution in [2.75, 3.05) is 18.9 Å². The van der Waals surface area contributed by atoms with Crippen LogP contribution in [0.25, 0.3) is 0 Å². The van der Waals surface area contributed by atoms with Gasteiger partial charge in [0.1, 0.15) is 5.75 Å². The van der Waals surface area contributed by atoms with Crippen LogP contribution >= 0.6 is 0 Å². The molecule has 2 rings (SSSR count). The van der Waals surface area contributed by atoms with Crippen LogP contribution in [-0.2, 0) is 0 Å². The Morgan fingerprint density at radius 3 is 2.95 bits per heavy atom. The van der Waals surface area contributed by atoms with Gasteiger partial charge in [-0.2, -0.15) is 0 Å². The third kappa shape index (κ3) is 3.00. The normalized spacial score (nSPS) is 19.3. The van der Waals surface area contributed by atoms with Crippen molar-refractivity contribution in [1.82, 2.24) is 4.90 Å². The molecule has 1 aliphatic heterocycles. The number of piperidine rings is 1. The predicted molar refractivity (Wildman–Crippen MR) is 76.4 cm³/mol. The van der Waals surface area contributed by atoms with E-state index < -0.39 is 0 Å². The maximum Gasteiger partial charge on any atom is 0.257 e. The molecule has 0 bridgehead atoms. The number of nitrogens with zero attached hydrogens (tertiary/aromatic N) is 1. The Hall–Kier alpha value is -1.71. The van der Waals surface area contributed by atoms with E-state index in [1.54, 1.807) is 18.2 Å². The van der Waals surface area contributed by atoms with Crippen LogP contribution in [0.2, 0.25) is 0 Å². The maximum absolute atomic E-state index is 12.6. The molecule has 4 nitrogen and oxygen atoms in total. The second-order valence-electron chi connectivity index (χ2n) is 5.03.